The van der Waals surface area contributed by atoms with E-state index in [1.54, 1.807) is 6.20 Å². The lowest BCUT2D eigenvalue weighted by atomic mass is 9.72. The molecule has 0 N–H and O–H groups in total. The fraction of sp³-hybridized carbons (Fsp3) is 0.133. The smallest absolute Gasteiger partial charge is 0.144 e. The molecular formula is C45H37N3O. The van der Waals surface area contributed by atoms with Crippen LogP contribution in [0.2, 0.25) is 0 Å². The van der Waals surface area contributed by atoms with E-state index in [9.17, 15) is 0 Å². The molecule has 8 rings (SSSR count). The minimum absolute atomic E-state index is 0.216. The zero-order chi connectivity index (χ0) is 36.1. The third kappa shape index (κ3) is 4.95. The Hall–Kier alpha value is -5.87. The van der Waals surface area contributed by atoms with Gasteiger partial charge in [0.15, 0.2) is 0 Å². The van der Waals surface area contributed by atoms with E-state index in [1.807, 2.05) is 111 Å². The molecule has 4 aromatic heterocycles. The zero-order valence-electron chi connectivity index (χ0n) is 30.7. The minimum atomic E-state index is -2.45. The largest absolute Gasteiger partial charge is 0.455 e. The zero-order valence-corrected chi connectivity index (χ0v) is 27.7. The van der Waals surface area contributed by atoms with Gasteiger partial charge in [-0.2, -0.15) is 0 Å². The van der Waals surface area contributed by atoms with Gasteiger partial charge in [-0.05, 0) is 104 Å². The second-order valence-corrected chi connectivity index (χ2v) is 13.0. The number of pyridine rings is 3. The van der Waals surface area contributed by atoms with E-state index in [1.165, 1.54) is 0 Å². The Kier molecular flexibility index (Phi) is 6.63. The summed E-state index contributed by atoms with van der Waals surface area (Å²) >= 11 is 0. The summed E-state index contributed by atoms with van der Waals surface area (Å²) in [6.45, 7) is 3.64. The third-order valence-corrected chi connectivity index (χ3v) is 10.1. The number of aromatic nitrogens is 3. The summed E-state index contributed by atoms with van der Waals surface area (Å²) in [4.78, 5) is 15.1. The Labute approximate surface area is 291 Å². The van der Waals surface area contributed by atoms with Crippen LogP contribution in [0.15, 0.2) is 156 Å². The van der Waals surface area contributed by atoms with Gasteiger partial charge in [0.25, 0.3) is 0 Å². The molecule has 0 saturated heterocycles. The number of furan rings is 1. The minimum Gasteiger partial charge on any atom is -0.455 e. The van der Waals surface area contributed by atoms with E-state index < -0.39 is 17.7 Å². The predicted molar refractivity (Wildman–Crippen MR) is 199 cm³/mol. The first-order valence-electron chi connectivity index (χ1n) is 18.0. The monoisotopic (exact) mass is 638 g/mol. The van der Waals surface area contributed by atoms with Crippen LogP contribution in [-0.4, -0.2) is 15.0 Å². The molecule has 2 atom stereocenters. The van der Waals surface area contributed by atoms with Crippen molar-refractivity contribution in [1.29, 1.82) is 0 Å². The van der Waals surface area contributed by atoms with Crippen LogP contribution in [0.1, 0.15) is 62.9 Å². The molecule has 8 aromatic rings. The number of nitrogens with zero attached hydrogens (tertiary/aromatic N) is 3. The molecule has 0 amide bonds. The normalized spacial score (nSPS) is 15.2. The fourth-order valence-corrected chi connectivity index (χ4v) is 7.21. The molecule has 49 heavy (non-hydrogen) atoms. The van der Waals surface area contributed by atoms with E-state index in [-0.39, 0.29) is 5.56 Å². The van der Waals surface area contributed by atoms with Crippen LogP contribution in [0.5, 0.6) is 0 Å². The standard InChI is InChI=1S/C45H37N3O/c1-30-27-38(48-43(31(30)2)45(4,33-19-9-6-10-20-33)41-24-14-16-26-47-41)37-29-34(28-36-35-21-11-12-22-39(35)49-42(36)37)44(3,32-17-7-5-8-18-32)40-23-13-15-25-46-40/h5-29H,1-4H3/i2D3. The van der Waals surface area contributed by atoms with E-state index in [0.29, 0.717) is 28.2 Å². The van der Waals surface area contributed by atoms with Gasteiger partial charge in [-0.1, -0.05) is 91.0 Å². The molecule has 238 valence electrons. The molecule has 0 aliphatic rings. The van der Waals surface area contributed by atoms with E-state index in [4.69, 9.17) is 23.5 Å². The maximum atomic E-state index is 8.79. The lowest BCUT2D eigenvalue weighted by molar-refractivity contribution is 0.634. The lowest BCUT2D eigenvalue weighted by Gasteiger charge is -2.32. The highest BCUT2D eigenvalue weighted by molar-refractivity contribution is 6.10. The summed E-state index contributed by atoms with van der Waals surface area (Å²) in [6.07, 6.45) is 3.57. The van der Waals surface area contributed by atoms with Crippen LogP contribution < -0.4 is 0 Å². The maximum Gasteiger partial charge on any atom is 0.144 e. The van der Waals surface area contributed by atoms with Crippen molar-refractivity contribution in [2.45, 2.75) is 38.5 Å². The van der Waals surface area contributed by atoms with Crippen LogP contribution >= 0.6 is 0 Å². The number of hydrogen-bond acceptors (Lipinski definition) is 4. The Bertz CT molecular complexity index is 2450. The highest BCUT2D eigenvalue weighted by Gasteiger charge is 2.37. The molecule has 0 radical (unpaired) electrons. The van der Waals surface area contributed by atoms with Gasteiger partial charge in [-0.25, -0.2) is 0 Å². The van der Waals surface area contributed by atoms with Crippen molar-refractivity contribution < 1.29 is 8.53 Å². The SMILES string of the molecule is [2H]C([2H])([2H])c1c(C)cc(-c2cc(C(C)(c3ccccc3)c3ccccn3)cc3c2oc2ccccc23)nc1C(C)(c1ccccc1)c1ccccn1. The predicted octanol–water partition coefficient (Wildman–Crippen LogP) is 10.8. The van der Waals surface area contributed by atoms with Crippen molar-refractivity contribution >= 4 is 21.9 Å². The molecule has 0 aliphatic heterocycles. The van der Waals surface area contributed by atoms with Crippen LogP contribution in [0.4, 0.5) is 0 Å². The molecule has 2 unspecified atom stereocenters. The number of fused-ring (bicyclic) bond motifs is 3. The second-order valence-electron chi connectivity index (χ2n) is 13.0. The molecule has 0 spiro atoms. The van der Waals surface area contributed by atoms with Crippen molar-refractivity contribution in [2.24, 2.45) is 0 Å². The number of para-hydroxylation sites is 1. The molecule has 0 aliphatic carbocycles. The maximum absolute atomic E-state index is 8.79. The van der Waals surface area contributed by atoms with Gasteiger partial charge in [0.05, 0.1) is 33.6 Å². The Balaban J connectivity index is 1.49. The number of hydrogen-bond donors (Lipinski definition) is 0. The van der Waals surface area contributed by atoms with Crippen LogP contribution in [0.3, 0.4) is 0 Å². The average Bonchev–Trinajstić information content (AvgIpc) is 3.56. The first-order valence-corrected chi connectivity index (χ1v) is 16.5. The molecule has 4 heterocycles. The average molecular weight is 639 g/mol. The first-order chi connectivity index (χ1) is 25.1. The van der Waals surface area contributed by atoms with E-state index in [0.717, 1.165) is 44.3 Å². The second kappa shape index (κ2) is 12.0. The molecular weight excluding hydrogens is 599 g/mol. The van der Waals surface area contributed by atoms with Gasteiger partial charge in [0, 0.05) is 32.8 Å². The quantitative estimate of drug-likeness (QED) is 0.174. The van der Waals surface area contributed by atoms with Gasteiger partial charge >= 0.3 is 0 Å². The fourth-order valence-electron chi connectivity index (χ4n) is 7.21. The summed E-state index contributed by atoms with van der Waals surface area (Å²) in [6, 6.07) is 46.3. The summed E-state index contributed by atoms with van der Waals surface area (Å²) < 4.78 is 33.0. The van der Waals surface area contributed by atoms with Crippen molar-refractivity contribution in [3.8, 4) is 11.3 Å². The highest BCUT2D eigenvalue weighted by Crippen LogP contribution is 2.45. The topological polar surface area (TPSA) is 51.8 Å². The molecule has 4 aromatic carbocycles. The number of rotatable bonds is 7. The van der Waals surface area contributed by atoms with Crippen molar-refractivity contribution in [2.75, 3.05) is 0 Å². The van der Waals surface area contributed by atoms with Gasteiger partial charge in [0.1, 0.15) is 11.2 Å². The van der Waals surface area contributed by atoms with Crippen LogP contribution in [0, 0.1) is 13.8 Å². The lowest BCUT2D eigenvalue weighted by Crippen LogP contribution is -2.29. The third-order valence-electron chi connectivity index (χ3n) is 10.1. The molecule has 0 saturated carbocycles. The van der Waals surface area contributed by atoms with Crippen molar-refractivity contribution in [3.05, 3.63) is 197 Å². The summed E-state index contributed by atoms with van der Waals surface area (Å²) in [5.74, 6) is 0. The molecule has 0 bridgehead atoms. The Morgan fingerprint density at radius 2 is 1.18 bits per heavy atom. The Morgan fingerprint density at radius 3 is 1.82 bits per heavy atom. The number of aryl methyl sites for hydroxylation is 1. The van der Waals surface area contributed by atoms with Crippen molar-refractivity contribution in [3.63, 3.8) is 0 Å². The summed E-state index contributed by atoms with van der Waals surface area (Å²) in [7, 11) is 0. The highest BCUT2D eigenvalue weighted by atomic mass is 16.3. The van der Waals surface area contributed by atoms with Crippen molar-refractivity contribution in [1.82, 2.24) is 15.0 Å². The van der Waals surface area contributed by atoms with Gasteiger partial charge in [-0.3, -0.25) is 15.0 Å². The van der Waals surface area contributed by atoms with Crippen LogP contribution in [0.25, 0.3) is 33.2 Å². The molecule has 4 nitrogen and oxygen atoms in total. The Morgan fingerprint density at radius 1 is 0.592 bits per heavy atom. The van der Waals surface area contributed by atoms with Gasteiger partial charge in [0.2, 0.25) is 0 Å². The van der Waals surface area contributed by atoms with Gasteiger partial charge in [-0.15, -0.1) is 0 Å². The summed E-state index contributed by atoms with van der Waals surface area (Å²) in [5.41, 5.74) is 6.97. The van der Waals surface area contributed by atoms with E-state index in [2.05, 4.69) is 55.5 Å². The van der Waals surface area contributed by atoms with Gasteiger partial charge < -0.3 is 4.42 Å². The molecule has 0 fully saturated rings. The van der Waals surface area contributed by atoms with E-state index >= 15 is 0 Å². The first kappa shape index (κ1) is 27.1. The number of benzene rings is 4. The van der Waals surface area contributed by atoms with Crippen LogP contribution in [-0.2, 0) is 10.8 Å². The molecule has 4 heteroatoms. The summed E-state index contributed by atoms with van der Waals surface area (Å²) in [5, 5.41) is 1.92.